The van der Waals surface area contributed by atoms with E-state index in [9.17, 15) is 0 Å². The smallest absolute Gasteiger partial charge is 0.00973 e. The minimum absolute atomic E-state index is 0.383. The number of hydrogen-bond acceptors (Lipinski definition) is 0. The summed E-state index contributed by atoms with van der Waals surface area (Å²) in [5.74, 6) is 1.69. The van der Waals surface area contributed by atoms with Crippen molar-refractivity contribution in [2.45, 2.75) is 151 Å². The molecule has 0 aromatic carbocycles. The van der Waals surface area contributed by atoms with Crippen molar-refractivity contribution in [3.05, 3.63) is 0 Å². The van der Waals surface area contributed by atoms with Gasteiger partial charge in [0.1, 0.15) is 0 Å². The van der Waals surface area contributed by atoms with Crippen LogP contribution >= 0.6 is 31.8 Å². The van der Waals surface area contributed by atoms with Gasteiger partial charge in [-0.25, -0.2) is 0 Å². The highest BCUT2D eigenvalue weighted by atomic mass is 32.1. The van der Waals surface area contributed by atoms with Gasteiger partial charge in [-0.1, -0.05) is 109 Å². The van der Waals surface area contributed by atoms with Gasteiger partial charge < -0.3 is 0 Å². The third kappa shape index (κ3) is 7.36. The van der Waals surface area contributed by atoms with E-state index in [1.54, 1.807) is 134 Å². The van der Waals surface area contributed by atoms with Crippen molar-refractivity contribution < 1.29 is 0 Å². The Balaban J connectivity index is 1.34. The summed E-state index contributed by atoms with van der Waals surface area (Å²) in [5, 5.41) is 0. The van der Waals surface area contributed by atoms with Gasteiger partial charge in [-0.3, -0.25) is 0 Å². The number of rotatable bonds is 8. The van der Waals surface area contributed by atoms with Crippen LogP contribution in [0.25, 0.3) is 0 Å². The first-order valence-electron chi connectivity index (χ1n) is 13.5. The third-order valence-corrected chi connectivity index (χ3v) is 25.0. The first-order valence-corrected chi connectivity index (χ1v) is 20.5. The van der Waals surface area contributed by atoms with Crippen LogP contribution in [0.3, 0.4) is 0 Å². The molecule has 4 saturated carbocycles. The molecule has 2 atom stereocenters. The standard InChI is InChI=1S/C25H48P4/c1-5-13-22(14-6-1)28(23-15-7-2-8-16-23)26-21-27-29(24-17-9-3-10-18-24)25-19-11-4-12-20-25/h22-27H,1-21H2. The summed E-state index contributed by atoms with van der Waals surface area (Å²) < 4.78 is 0. The van der Waals surface area contributed by atoms with E-state index in [1.807, 2.05) is 0 Å². The molecule has 0 nitrogen and oxygen atoms in total. The van der Waals surface area contributed by atoms with Crippen molar-refractivity contribution in [3.8, 4) is 0 Å². The summed E-state index contributed by atoms with van der Waals surface area (Å²) in [7, 11) is 3.56. The van der Waals surface area contributed by atoms with Crippen LogP contribution in [0.2, 0.25) is 0 Å². The molecule has 29 heavy (non-hydrogen) atoms. The lowest BCUT2D eigenvalue weighted by atomic mass is 10.00. The first-order chi connectivity index (χ1) is 14.4. The molecule has 0 bridgehead atoms. The van der Waals surface area contributed by atoms with Gasteiger partial charge in [0.25, 0.3) is 0 Å². The van der Waals surface area contributed by atoms with Gasteiger partial charge >= 0.3 is 0 Å². The van der Waals surface area contributed by atoms with Crippen LogP contribution in [0.1, 0.15) is 128 Å². The topological polar surface area (TPSA) is 0 Å². The predicted molar refractivity (Wildman–Crippen MR) is 143 cm³/mol. The second kappa shape index (κ2) is 13.4. The normalized spacial score (nSPS) is 27.9. The maximum atomic E-state index is 1.69. The van der Waals surface area contributed by atoms with Crippen LogP contribution in [0.5, 0.6) is 0 Å². The molecule has 0 heterocycles. The molecule has 0 aromatic rings. The Hall–Kier alpha value is 1.72. The van der Waals surface area contributed by atoms with E-state index in [1.165, 1.54) is 39.2 Å². The molecule has 2 unspecified atom stereocenters. The van der Waals surface area contributed by atoms with Gasteiger partial charge in [0.2, 0.25) is 0 Å². The Bertz CT molecular complexity index is 356. The molecule has 0 aliphatic heterocycles. The van der Waals surface area contributed by atoms with Crippen molar-refractivity contribution in [1.82, 2.24) is 0 Å². The lowest BCUT2D eigenvalue weighted by Gasteiger charge is -2.40. The highest BCUT2D eigenvalue weighted by Crippen LogP contribution is 2.74. The van der Waals surface area contributed by atoms with Gasteiger partial charge in [0.05, 0.1) is 0 Å². The molecule has 0 amide bonds. The maximum Gasteiger partial charge on any atom is -0.00973 e. The van der Waals surface area contributed by atoms with Crippen LogP contribution in [0.15, 0.2) is 0 Å². The Morgan fingerprint density at radius 3 is 0.862 bits per heavy atom. The SMILES string of the molecule is C1CCC(P(PCPP(C2CCCCC2)C2CCCCC2)C2CCCCC2)CC1. The predicted octanol–water partition coefficient (Wildman–Crippen LogP) is 10.4. The summed E-state index contributed by atoms with van der Waals surface area (Å²) in [4.78, 5) is 0. The van der Waals surface area contributed by atoms with E-state index in [0.717, 1.165) is 0 Å². The molecule has 4 fully saturated rings. The summed E-state index contributed by atoms with van der Waals surface area (Å²) in [6.07, 6.45) is 31.7. The highest BCUT2D eigenvalue weighted by Gasteiger charge is 2.33. The van der Waals surface area contributed by atoms with E-state index >= 15 is 0 Å². The van der Waals surface area contributed by atoms with Crippen molar-refractivity contribution in [3.63, 3.8) is 0 Å². The van der Waals surface area contributed by atoms with Crippen molar-refractivity contribution in [2.75, 3.05) is 5.90 Å². The quantitative estimate of drug-likeness (QED) is 0.308. The summed E-state index contributed by atoms with van der Waals surface area (Å²) in [6, 6.07) is 0. The molecule has 0 spiro atoms. The van der Waals surface area contributed by atoms with E-state index in [4.69, 9.17) is 0 Å². The van der Waals surface area contributed by atoms with Gasteiger partial charge in [-0.05, 0) is 79.9 Å². The molecule has 4 rings (SSSR count). The van der Waals surface area contributed by atoms with Crippen molar-refractivity contribution in [2.24, 2.45) is 0 Å². The Kier molecular flexibility index (Phi) is 11.1. The van der Waals surface area contributed by atoms with E-state index in [0.29, 0.717) is 15.2 Å². The van der Waals surface area contributed by atoms with Gasteiger partial charge in [0.15, 0.2) is 0 Å². The molecule has 4 aliphatic rings. The molecular weight excluding hydrogens is 424 g/mol. The molecule has 0 radical (unpaired) electrons. The molecule has 0 saturated heterocycles. The molecule has 168 valence electrons. The second-order valence-electron chi connectivity index (χ2n) is 10.5. The van der Waals surface area contributed by atoms with Gasteiger partial charge in [-0.15, -0.1) is 0 Å². The van der Waals surface area contributed by atoms with E-state index in [2.05, 4.69) is 0 Å². The largest absolute Gasteiger partial charge is 0.0910 e. The zero-order chi connectivity index (χ0) is 19.7. The maximum absolute atomic E-state index is 1.69. The van der Waals surface area contributed by atoms with Crippen LogP contribution in [0.4, 0.5) is 0 Å². The van der Waals surface area contributed by atoms with Crippen molar-refractivity contribution >= 4 is 31.8 Å². The average molecular weight is 473 g/mol. The first kappa shape index (κ1) is 23.9. The minimum Gasteiger partial charge on any atom is -0.0910 e. The van der Waals surface area contributed by atoms with Crippen LogP contribution in [0, 0.1) is 0 Å². The van der Waals surface area contributed by atoms with Crippen LogP contribution < -0.4 is 0 Å². The lowest BCUT2D eigenvalue weighted by molar-refractivity contribution is 0.488. The zero-order valence-corrected chi connectivity index (χ0v) is 22.8. The highest BCUT2D eigenvalue weighted by molar-refractivity contribution is 8.30. The average Bonchev–Trinajstić information content (AvgIpc) is 2.81. The fourth-order valence-corrected chi connectivity index (χ4v) is 26.5. The summed E-state index contributed by atoms with van der Waals surface area (Å²) >= 11 is 0. The fourth-order valence-electron chi connectivity index (χ4n) is 6.77. The molecule has 4 aliphatic carbocycles. The van der Waals surface area contributed by atoms with E-state index in [-0.39, 0.29) is 0 Å². The summed E-state index contributed by atoms with van der Waals surface area (Å²) in [5.41, 5.74) is 4.78. The molecule has 0 aromatic heterocycles. The Labute approximate surface area is 188 Å². The van der Waals surface area contributed by atoms with Gasteiger partial charge in [-0.2, -0.15) is 0 Å². The monoisotopic (exact) mass is 472 g/mol. The van der Waals surface area contributed by atoms with E-state index < -0.39 is 0 Å². The second-order valence-corrected chi connectivity index (χ2v) is 22.1. The summed E-state index contributed by atoms with van der Waals surface area (Å²) in [6.45, 7) is 0. The third-order valence-electron chi connectivity index (χ3n) is 8.40. The fraction of sp³-hybridized carbons (Fsp3) is 1.00. The Morgan fingerprint density at radius 2 is 0.621 bits per heavy atom. The van der Waals surface area contributed by atoms with Gasteiger partial charge in [0, 0.05) is 0 Å². The van der Waals surface area contributed by atoms with Crippen LogP contribution in [-0.2, 0) is 0 Å². The molecule has 4 heteroatoms. The number of hydrogen-bond donors (Lipinski definition) is 0. The minimum atomic E-state index is 0.383. The Morgan fingerprint density at radius 1 is 0.379 bits per heavy atom. The lowest BCUT2D eigenvalue weighted by Crippen LogP contribution is -2.19. The molecular formula is C25H48P4. The molecule has 0 N–H and O–H groups in total. The zero-order valence-electron chi connectivity index (χ0n) is 19.1. The van der Waals surface area contributed by atoms with Crippen molar-refractivity contribution in [1.29, 1.82) is 0 Å². The van der Waals surface area contributed by atoms with Crippen LogP contribution in [-0.4, -0.2) is 28.5 Å².